The van der Waals surface area contributed by atoms with Crippen molar-refractivity contribution in [2.75, 3.05) is 6.61 Å². The number of hydrogen-bond acceptors (Lipinski definition) is 6. The van der Waals surface area contributed by atoms with Crippen LogP contribution >= 0.6 is 0 Å². The van der Waals surface area contributed by atoms with Crippen LogP contribution < -0.4 is 0 Å². The molecule has 0 aromatic rings. The van der Waals surface area contributed by atoms with E-state index in [9.17, 15) is 4.79 Å². The van der Waals surface area contributed by atoms with E-state index in [-0.39, 0.29) is 12.7 Å². The molecule has 0 spiro atoms. The zero-order chi connectivity index (χ0) is 10.4. The Balaban J connectivity index is 3.89. The van der Waals surface area contributed by atoms with Gasteiger partial charge in [-0.1, -0.05) is 0 Å². The summed E-state index contributed by atoms with van der Waals surface area (Å²) in [5, 5.41) is 44.0. The van der Waals surface area contributed by atoms with Crippen molar-refractivity contribution < 1.29 is 30.3 Å². The number of carbonyl (C=O) groups is 1. The molecule has 13 heavy (non-hydrogen) atoms. The molecule has 0 saturated carbocycles. The van der Waals surface area contributed by atoms with Crippen LogP contribution in [0, 0.1) is 0 Å². The summed E-state index contributed by atoms with van der Waals surface area (Å²) in [6, 6.07) is 0. The third-order valence-electron chi connectivity index (χ3n) is 1.65. The van der Waals surface area contributed by atoms with Crippen LogP contribution in [0.3, 0.4) is 0 Å². The summed E-state index contributed by atoms with van der Waals surface area (Å²) in [6.07, 6.45) is -6.01. The van der Waals surface area contributed by atoms with Gasteiger partial charge in [0.15, 0.2) is 6.29 Å². The van der Waals surface area contributed by atoms with Crippen molar-refractivity contribution >= 4 is 6.29 Å². The normalized spacial score (nSPS) is 20.4. The molecule has 0 amide bonds. The number of hydrogen-bond donors (Lipinski definition) is 5. The van der Waals surface area contributed by atoms with E-state index in [2.05, 4.69) is 0 Å². The number of aliphatic hydroxyl groups is 5. The maximum absolute atomic E-state index is 9.96. The number of aliphatic hydroxyl groups excluding tert-OH is 5. The Morgan fingerprint density at radius 3 is 1.92 bits per heavy atom. The van der Waals surface area contributed by atoms with Gasteiger partial charge in [-0.05, 0) is 0 Å². The van der Waals surface area contributed by atoms with Crippen molar-refractivity contribution in [2.45, 2.75) is 30.8 Å². The average molecular weight is 194 g/mol. The maximum Gasteiger partial charge on any atom is 0.151 e. The Morgan fingerprint density at radius 1 is 1.00 bits per heavy atom. The number of aldehydes is 1. The molecule has 0 fully saturated rings. The topological polar surface area (TPSA) is 118 Å². The molecule has 78 valence electrons. The van der Waals surface area contributed by atoms with Crippen LogP contribution in [0.1, 0.15) is 6.42 Å². The van der Waals surface area contributed by atoms with Gasteiger partial charge in [0, 0.05) is 6.42 Å². The van der Waals surface area contributed by atoms with Gasteiger partial charge in [0.25, 0.3) is 0 Å². The molecule has 0 aromatic carbocycles. The summed E-state index contributed by atoms with van der Waals surface area (Å²) >= 11 is 0. The predicted octanol–water partition coefficient (Wildman–Crippen LogP) is -2.99. The lowest BCUT2D eigenvalue weighted by atomic mass is 10.0. The van der Waals surface area contributed by atoms with E-state index in [1.165, 1.54) is 0 Å². The van der Waals surface area contributed by atoms with Gasteiger partial charge in [-0.2, -0.15) is 0 Å². The fourth-order valence-corrected chi connectivity index (χ4v) is 0.756. The first-order chi connectivity index (χ1) is 6.02. The van der Waals surface area contributed by atoms with Crippen molar-refractivity contribution in [1.29, 1.82) is 0 Å². The van der Waals surface area contributed by atoms with E-state index in [4.69, 9.17) is 25.5 Å². The largest absolute Gasteiger partial charge is 0.394 e. The summed E-state index contributed by atoms with van der Waals surface area (Å²) in [5.74, 6) is 0. The van der Waals surface area contributed by atoms with Gasteiger partial charge in [0.05, 0.1) is 18.8 Å². The molecular formula is C7H14O6. The van der Waals surface area contributed by atoms with Gasteiger partial charge in [0.1, 0.15) is 12.2 Å². The fourth-order valence-electron chi connectivity index (χ4n) is 0.756. The van der Waals surface area contributed by atoms with Gasteiger partial charge in [-0.15, -0.1) is 0 Å². The van der Waals surface area contributed by atoms with Crippen LogP contribution in [0.15, 0.2) is 0 Å². The van der Waals surface area contributed by atoms with Crippen LogP contribution in [0.4, 0.5) is 0 Å². The second-order valence-electron chi connectivity index (χ2n) is 2.75. The highest BCUT2D eigenvalue weighted by Crippen LogP contribution is 2.05. The third-order valence-corrected chi connectivity index (χ3v) is 1.65. The molecule has 6 nitrogen and oxygen atoms in total. The first kappa shape index (κ1) is 12.5. The van der Waals surface area contributed by atoms with E-state index < -0.39 is 31.0 Å². The van der Waals surface area contributed by atoms with Crippen LogP contribution in [0.2, 0.25) is 0 Å². The predicted molar refractivity (Wildman–Crippen MR) is 41.8 cm³/mol. The molecule has 0 aliphatic heterocycles. The van der Waals surface area contributed by atoms with E-state index in [1.807, 2.05) is 0 Å². The monoisotopic (exact) mass is 194 g/mol. The molecule has 4 unspecified atom stereocenters. The Labute approximate surface area is 75.1 Å². The van der Waals surface area contributed by atoms with Crippen LogP contribution in [-0.4, -0.2) is 62.8 Å². The lowest BCUT2D eigenvalue weighted by Gasteiger charge is -2.19. The minimum Gasteiger partial charge on any atom is -0.394 e. The third kappa shape index (κ3) is 4.30. The molecule has 0 bridgehead atoms. The highest BCUT2D eigenvalue weighted by atomic mass is 16.4. The summed E-state index contributed by atoms with van der Waals surface area (Å²) in [4.78, 5) is 9.96. The standard InChI is InChI=1S/C7H14O6/c8-2-6(12)4(10)1-5(11)7(13)3-9/h2,4-7,9-13H,1,3H2. The Bertz CT molecular complexity index is 150. The van der Waals surface area contributed by atoms with Crippen LogP contribution in [0.5, 0.6) is 0 Å². The fraction of sp³-hybridized carbons (Fsp3) is 0.857. The van der Waals surface area contributed by atoms with Crippen molar-refractivity contribution in [3.8, 4) is 0 Å². The van der Waals surface area contributed by atoms with Crippen molar-refractivity contribution in [2.24, 2.45) is 0 Å². The second-order valence-corrected chi connectivity index (χ2v) is 2.75. The van der Waals surface area contributed by atoms with Gasteiger partial charge < -0.3 is 30.3 Å². The lowest BCUT2D eigenvalue weighted by molar-refractivity contribution is -0.122. The number of rotatable bonds is 6. The van der Waals surface area contributed by atoms with Crippen molar-refractivity contribution in [1.82, 2.24) is 0 Å². The quantitative estimate of drug-likeness (QED) is 0.288. The van der Waals surface area contributed by atoms with Gasteiger partial charge in [-0.3, -0.25) is 0 Å². The molecule has 5 N–H and O–H groups in total. The van der Waals surface area contributed by atoms with Crippen LogP contribution in [0.25, 0.3) is 0 Å². The van der Waals surface area contributed by atoms with E-state index >= 15 is 0 Å². The molecule has 0 aromatic heterocycles. The maximum atomic E-state index is 9.96. The first-order valence-corrected chi connectivity index (χ1v) is 3.81. The van der Waals surface area contributed by atoms with Crippen molar-refractivity contribution in [3.63, 3.8) is 0 Å². The first-order valence-electron chi connectivity index (χ1n) is 3.81. The molecular weight excluding hydrogens is 180 g/mol. The summed E-state index contributed by atoms with van der Waals surface area (Å²) in [7, 11) is 0. The highest BCUT2D eigenvalue weighted by Gasteiger charge is 2.23. The zero-order valence-corrected chi connectivity index (χ0v) is 6.95. The molecule has 0 saturated heterocycles. The van der Waals surface area contributed by atoms with Crippen LogP contribution in [-0.2, 0) is 4.79 Å². The molecule has 0 heterocycles. The van der Waals surface area contributed by atoms with Gasteiger partial charge in [0.2, 0.25) is 0 Å². The molecule has 0 aliphatic carbocycles. The zero-order valence-electron chi connectivity index (χ0n) is 6.95. The summed E-state index contributed by atoms with van der Waals surface area (Å²) in [5.41, 5.74) is 0. The number of carbonyl (C=O) groups excluding carboxylic acids is 1. The SMILES string of the molecule is O=CC(O)C(O)CC(O)C(O)CO. The average Bonchev–Trinajstić information content (AvgIpc) is 2.14. The lowest BCUT2D eigenvalue weighted by Crippen LogP contribution is -2.37. The van der Waals surface area contributed by atoms with Crippen molar-refractivity contribution in [3.05, 3.63) is 0 Å². The Kier molecular flexibility index (Phi) is 5.76. The molecule has 0 rings (SSSR count). The van der Waals surface area contributed by atoms with E-state index in [1.54, 1.807) is 0 Å². The summed E-state index contributed by atoms with van der Waals surface area (Å²) in [6.45, 7) is -0.648. The van der Waals surface area contributed by atoms with Gasteiger partial charge in [-0.25, -0.2) is 0 Å². The minimum atomic E-state index is -1.58. The summed E-state index contributed by atoms with van der Waals surface area (Å²) < 4.78 is 0. The van der Waals surface area contributed by atoms with Gasteiger partial charge >= 0.3 is 0 Å². The Morgan fingerprint density at radius 2 is 1.54 bits per heavy atom. The highest BCUT2D eigenvalue weighted by molar-refractivity contribution is 5.56. The second kappa shape index (κ2) is 6.01. The minimum absolute atomic E-state index is 0.128. The Hall–Kier alpha value is -0.530. The molecule has 0 aliphatic rings. The molecule has 4 atom stereocenters. The van der Waals surface area contributed by atoms with E-state index in [0.717, 1.165) is 0 Å². The molecule has 6 heteroatoms. The molecule has 0 radical (unpaired) electrons. The van der Waals surface area contributed by atoms with E-state index in [0.29, 0.717) is 0 Å². The smallest absolute Gasteiger partial charge is 0.151 e.